The average Bonchev–Trinajstić information content (AvgIpc) is 3.34. The maximum Gasteiger partial charge on any atom is 0.276 e. The highest BCUT2D eigenvalue weighted by Gasteiger charge is 2.25. The van der Waals surface area contributed by atoms with Gasteiger partial charge in [-0.1, -0.05) is 17.3 Å². The minimum absolute atomic E-state index is 0.0624. The quantitative estimate of drug-likeness (QED) is 0.721. The molecule has 0 N–H and O–H groups in total. The molecule has 1 aliphatic heterocycles. The Labute approximate surface area is 149 Å². The Morgan fingerprint density at radius 2 is 2.08 bits per heavy atom. The third kappa shape index (κ3) is 3.62. The summed E-state index contributed by atoms with van der Waals surface area (Å²) in [4.78, 5) is 21.9. The van der Waals surface area contributed by atoms with Crippen LogP contribution in [0.25, 0.3) is 10.6 Å². The minimum Gasteiger partial charge on any atom is -0.355 e. The molecule has 0 bridgehead atoms. The van der Waals surface area contributed by atoms with Gasteiger partial charge in [0.15, 0.2) is 11.5 Å². The third-order valence-corrected chi connectivity index (χ3v) is 5.17. The van der Waals surface area contributed by atoms with Crippen molar-refractivity contribution in [1.29, 1.82) is 0 Å². The van der Waals surface area contributed by atoms with Crippen LogP contribution in [0.5, 0.6) is 0 Å². The molecule has 0 saturated carbocycles. The monoisotopic (exact) mass is 354 g/mol. The van der Waals surface area contributed by atoms with E-state index in [2.05, 4.69) is 21.1 Å². The molecular weight excluding hydrogens is 336 g/mol. The maximum atomic E-state index is 12.6. The fraction of sp³-hybridized carbons (Fsp3) is 0.278. The minimum atomic E-state index is -0.0624. The van der Waals surface area contributed by atoms with E-state index in [-0.39, 0.29) is 5.91 Å². The van der Waals surface area contributed by atoms with Gasteiger partial charge in [0.2, 0.25) is 0 Å². The second-order valence-electron chi connectivity index (χ2n) is 5.98. The summed E-state index contributed by atoms with van der Waals surface area (Å²) >= 11 is 1.57. The zero-order chi connectivity index (χ0) is 17.1. The second kappa shape index (κ2) is 7.16. The fourth-order valence-electron chi connectivity index (χ4n) is 2.93. The van der Waals surface area contributed by atoms with Crippen molar-refractivity contribution in [2.75, 3.05) is 26.2 Å². The number of amides is 1. The number of aromatic nitrogens is 2. The number of pyridine rings is 1. The summed E-state index contributed by atoms with van der Waals surface area (Å²) in [5, 5.41) is 5.93. The summed E-state index contributed by atoms with van der Waals surface area (Å²) in [6.07, 6.45) is 3.67. The SMILES string of the molecule is O=C(c1cc(-c2cccs2)on1)N1CCN(Cc2cccnc2)CC1. The number of hydrogen-bond donors (Lipinski definition) is 0. The van der Waals surface area contributed by atoms with Gasteiger partial charge in [-0.2, -0.15) is 0 Å². The van der Waals surface area contributed by atoms with E-state index in [1.54, 1.807) is 23.6 Å². The van der Waals surface area contributed by atoms with Crippen LogP contribution in [-0.2, 0) is 6.54 Å². The van der Waals surface area contributed by atoms with Gasteiger partial charge in [-0.25, -0.2) is 0 Å². The van der Waals surface area contributed by atoms with Gasteiger partial charge < -0.3 is 9.42 Å². The van der Waals surface area contributed by atoms with E-state index in [4.69, 9.17) is 4.52 Å². The Morgan fingerprint density at radius 3 is 2.80 bits per heavy atom. The molecule has 6 nitrogen and oxygen atoms in total. The summed E-state index contributed by atoms with van der Waals surface area (Å²) in [7, 11) is 0. The van der Waals surface area contributed by atoms with E-state index >= 15 is 0 Å². The topological polar surface area (TPSA) is 62.5 Å². The molecule has 4 heterocycles. The number of thiophene rings is 1. The normalized spacial score (nSPS) is 15.4. The first kappa shape index (κ1) is 16.0. The molecule has 25 heavy (non-hydrogen) atoms. The summed E-state index contributed by atoms with van der Waals surface area (Å²) in [6, 6.07) is 9.66. The van der Waals surface area contributed by atoms with Crippen LogP contribution in [-0.4, -0.2) is 52.0 Å². The molecule has 1 fully saturated rings. The highest BCUT2D eigenvalue weighted by molar-refractivity contribution is 7.13. The molecule has 128 valence electrons. The number of hydrogen-bond acceptors (Lipinski definition) is 6. The number of rotatable bonds is 4. The molecular formula is C18H18N4O2S. The van der Waals surface area contributed by atoms with Crippen LogP contribution in [0.4, 0.5) is 0 Å². The number of carbonyl (C=O) groups excluding carboxylic acids is 1. The molecule has 3 aromatic heterocycles. The first-order valence-electron chi connectivity index (χ1n) is 8.21. The largest absolute Gasteiger partial charge is 0.355 e. The highest BCUT2D eigenvalue weighted by Crippen LogP contribution is 2.25. The van der Waals surface area contributed by atoms with Crippen LogP contribution in [0.2, 0.25) is 0 Å². The predicted octanol–water partition coefficient (Wildman–Crippen LogP) is 2.76. The van der Waals surface area contributed by atoms with Gasteiger partial charge in [0.1, 0.15) is 0 Å². The first-order valence-corrected chi connectivity index (χ1v) is 9.09. The van der Waals surface area contributed by atoms with E-state index in [1.165, 1.54) is 5.56 Å². The molecule has 1 amide bonds. The second-order valence-corrected chi connectivity index (χ2v) is 6.93. The standard InChI is InChI=1S/C18H18N4O2S/c23-18(15-11-16(24-20-15)17-4-2-10-25-17)22-8-6-21(7-9-22)13-14-3-1-5-19-12-14/h1-5,10-12H,6-9,13H2. The number of carbonyl (C=O) groups is 1. The van der Waals surface area contributed by atoms with E-state index < -0.39 is 0 Å². The van der Waals surface area contributed by atoms with Crippen LogP contribution in [0.3, 0.4) is 0 Å². The average molecular weight is 354 g/mol. The molecule has 0 aromatic carbocycles. The molecule has 0 radical (unpaired) electrons. The Morgan fingerprint density at radius 1 is 1.20 bits per heavy atom. The molecule has 4 rings (SSSR count). The van der Waals surface area contributed by atoms with Crippen LogP contribution in [0.15, 0.2) is 52.6 Å². The number of nitrogens with zero attached hydrogens (tertiary/aromatic N) is 4. The van der Waals surface area contributed by atoms with Gasteiger partial charge in [0.05, 0.1) is 4.88 Å². The Bertz CT molecular complexity index is 824. The van der Waals surface area contributed by atoms with Gasteiger partial charge in [-0.05, 0) is 23.1 Å². The summed E-state index contributed by atoms with van der Waals surface area (Å²) < 4.78 is 5.32. The van der Waals surface area contributed by atoms with Crippen molar-refractivity contribution in [1.82, 2.24) is 19.9 Å². The fourth-order valence-corrected chi connectivity index (χ4v) is 3.61. The lowest BCUT2D eigenvalue weighted by atomic mass is 10.2. The lowest BCUT2D eigenvalue weighted by Gasteiger charge is -2.34. The van der Waals surface area contributed by atoms with Gasteiger partial charge >= 0.3 is 0 Å². The molecule has 0 atom stereocenters. The van der Waals surface area contributed by atoms with Crippen molar-refractivity contribution in [2.24, 2.45) is 0 Å². The summed E-state index contributed by atoms with van der Waals surface area (Å²) in [5.74, 6) is 0.584. The lowest BCUT2D eigenvalue weighted by Crippen LogP contribution is -2.48. The van der Waals surface area contributed by atoms with Gasteiger partial charge in [0, 0.05) is 51.2 Å². The highest BCUT2D eigenvalue weighted by atomic mass is 32.1. The van der Waals surface area contributed by atoms with Crippen molar-refractivity contribution in [3.05, 3.63) is 59.4 Å². The van der Waals surface area contributed by atoms with Crippen LogP contribution in [0, 0.1) is 0 Å². The zero-order valence-corrected chi connectivity index (χ0v) is 14.5. The molecule has 1 aliphatic rings. The van der Waals surface area contributed by atoms with Crippen molar-refractivity contribution >= 4 is 17.2 Å². The molecule has 0 aliphatic carbocycles. The molecule has 7 heteroatoms. The third-order valence-electron chi connectivity index (χ3n) is 4.28. The molecule has 0 spiro atoms. The van der Waals surface area contributed by atoms with Crippen molar-refractivity contribution in [2.45, 2.75) is 6.54 Å². The maximum absolute atomic E-state index is 12.6. The summed E-state index contributed by atoms with van der Waals surface area (Å²) in [6.45, 7) is 3.94. The smallest absolute Gasteiger partial charge is 0.276 e. The Balaban J connectivity index is 1.35. The van der Waals surface area contributed by atoms with Crippen LogP contribution < -0.4 is 0 Å². The van der Waals surface area contributed by atoms with E-state index in [9.17, 15) is 4.79 Å². The Kier molecular flexibility index (Phi) is 4.58. The lowest BCUT2D eigenvalue weighted by molar-refractivity contribution is 0.0618. The number of piperazine rings is 1. The van der Waals surface area contributed by atoms with Crippen LogP contribution in [0.1, 0.15) is 16.1 Å². The van der Waals surface area contributed by atoms with E-state index in [1.807, 2.05) is 34.7 Å². The molecule has 3 aromatic rings. The van der Waals surface area contributed by atoms with Crippen molar-refractivity contribution in [3.63, 3.8) is 0 Å². The van der Waals surface area contributed by atoms with E-state index in [0.717, 1.165) is 24.5 Å². The van der Waals surface area contributed by atoms with Crippen LogP contribution >= 0.6 is 11.3 Å². The van der Waals surface area contributed by atoms with Crippen molar-refractivity contribution in [3.8, 4) is 10.6 Å². The zero-order valence-electron chi connectivity index (χ0n) is 13.7. The first-order chi connectivity index (χ1) is 12.3. The predicted molar refractivity (Wildman–Crippen MR) is 95.2 cm³/mol. The van der Waals surface area contributed by atoms with Gasteiger partial charge in [0.25, 0.3) is 5.91 Å². The summed E-state index contributed by atoms with van der Waals surface area (Å²) in [5.41, 5.74) is 1.57. The van der Waals surface area contributed by atoms with Gasteiger partial charge in [-0.3, -0.25) is 14.7 Å². The molecule has 0 unspecified atom stereocenters. The Hall–Kier alpha value is -2.51. The van der Waals surface area contributed by atoms with Gasteiger partial charge in [-0.15, -0.1) is 11.3 Å². The molecule has 1 saturated heterocycles. The van der Waals surface area contributed by atoms with Crippen molar-refractivity contribution < 1.29 is 9.32 Å². The van der Waals surface area contributed by atoms with E-state index in [0.29, 0.717) is 24.5 Å².